The lowest BCUT2D eigenvalue weighted by Gasteiger charge is -2.46. The Hall–Kier alpha value is -1.48. The van der Waals surface area contributed by atoms with E-state index in [9.17, 15) is 13.2 Å². The van der Waals surface area contributed by atoms with Gasteiger partial charge in [0.05, 0.1) is 4.90 Å². The molecule has 8 nitrogen and oxygen atoms in total. The number of nitrogens with zero attached hydrogens (tertiary/aromatic N) is 1. The largest absolute Gasteiger partial charge is 0.481 e. The van der Waals surface area contributed by atoms with Gasteiger partial charge in [0.15, 0.2) is 0 Å². The molecule has 2 atom stereocenters. The van der Waals surface area contributed by atoms with Crippen LogP contribution >= 0.6 is 24.2 Å². The van der Waals surface area contributed by atoms with Crippen molar-refractivity contribution in [2.75, 3.05) is 19.7 Å². The summed E-state index contributed by atoms with van der Waals surface area (Å²) in [5.41, 5.74) is 7.37. The molecule has 0 bridgehead atoms. The van der Waals surface area contributed by atoms with Crippen LogP contribution in [0.15, 0.2) is 29.2 Å². The zero-order valence-corrected chi connectivity index (χ0v) is 18.9. The number of carbonyl (C=O) groups is 1. The van der Waals surface area contributed by atoms with Crippen molar-refractivity contribution in [2.24, 2.45) is 5.73 Å². The van der Waals surface area contributed by atoms with E-state index in [4.69, 9.17) is 15.7 Å². The number of nitrogens with one attached hydrogen (secondary N) is 1. The van der Waals surface area contributed by atoms with Crippen LogP contribution in [0.4, 0.5) is 0 Å². The zero-order valence-electron chi connectivity index (χ0n) is 16.4. The Bertz CT molecular complexity index is 866. The van der Waals surface area contributed by atoms with Gasteiger partial charge in [-0.1, -0.05) is 5.92 Å². The molecule has 1 aliphatic heterocycles. The molecule has 1 fully saturated rings. The number of hydrogen-bond acceptors (Lipinski definition) is 7. The van der Waals surface area contributed by atoms with Crippen molar-refractivity contribution in [1.82, 2.24) is 9.79 Å². The first-order valence-electron chi connectivity index (χ1n) is 8.63. The average Bonchev–Trinajstić information content (AvgIpc) is 2.66. The summed E-state index contributed by atoms with van der Waals surface area (Å²) in [4.78, 5) is 12.3. The van der Waals surface area contributed by atoms with Crippen LogP contribution < -0.4 is 16.0 Å². The van der Waals surface area contributed by atoms with Crippen LogP contribution in [0.2, 0.25) is 0 Å². The quantitative estimate of drug-likeness (QED) is 0.329. The molecule has 1 saturated heterocycles. The number of sulfonamides is 1. The van der Waals surface area contributed by atoms with E-state index in [1.807, 2.05) is 0 Å². The molecule has 1 aliphatic rings. The predicted octanol–water partition coefficient (Wildman–Crippen LogP) is 1.23. The van der Waals surface area contributed by atoms with Gasteiger partial charge in [0.2, 0.25) is 10.0 Å². The van der Waals surface area contributed by atoms with Crippen molar-refractivity contribution in [1.29, 1.82) is 0 Å². The van der Waals surface area contributed by atoms with Crippen LogP contribution in [-0.2, 0) is 14.8 Å². The average molecular weight is 464 g/mol. The number of nitrogens with two attached hydrogens (primary N) is 1. The molecule has 0 spiro atoms. The molecule has 2 rings (SSSR count). The first-order chi connectivity index (χ1) is 13.2. The smallest absolute Gasteiger partial charge is 0.263 e. The number of ether oxygens (including phenoxy) is 1. The van der Waals surface area contributed by atoms with Crippen LogP contribution in [0.3, 0.4) is 0 Å². The summed E-state index contributed by atoms with van der Waals surface area (Å²) in [6.45, 7) is 5.75. The normalized spacial score (nSPS) is 21.3. The van der Waals surface area contributed by atoms with Gasteiger partial charge in [0.25, 0.3) is 5.91 Å². The number of hydrogen-bond donors (Lipinski definition) is 3. The minimum Gasteiger partial charge on any atom is -0.481 e. The number of thioether (sulfide) groups is 1. The third-order valence-corrected chi connectivity index (χ3v) is 7.69. The van der Waals surface area contributed by atoms with Crippen molar-refractivity contribution in [3.05, 3.63) is 24.3 Å². The Morgan fingerprint density at radius 2 is 2.03 bits per heavy atom. The summed E-state index contributed by atoms with van der Waals surface area (Å²) < 4.78 is 32.3. The molecule has 162 valence electrons. The van der Waals surface area contributed by atoms with Crippen molar-refractivity contribution in [3.63, 3.8) is 0 Å². The topological polar surface area (TPSA) is 122 Å². The fourth-order valence-corrected chi connectivity index (χ4v) is 6.56. The molecule has 1 aromatic rings. The highest BCUT2D eigenvalue weighted by Gasteiger charge is 2.50. The van der Waals surface area contributed by atoms with E-state index >= 15 is 0 Å². The molecule has 1 aromatic carbocycles. The summed E-state index contributed by atoms with van der Waals surface area (Å²) in [5.74, 6) is 5.17. The third-order valence-electron chi connectivity index (χ3n) is 4.34. The molecule has 1 amide bonds. The van der Waals surface area contributed by atoms with Crippen LogP contribution in [0.1, 0.15) is 20.8 Å². The van der Waals surface area contributed by atoms with Gasteiger partial charge in [-0.05, 0) is 45.0 Å². The number of benzene rings is 1. The summed E-state index contributed by atoms with van der Waals surface area (Å²) in [5, 5.41) is 8.98. The van der Waals surface area contributed by atoms with Gasteiger partial charge in [0.1, 0.15) is 18.4 Å². The fraction of sp³-hybridized carbons (Fsp3) is 0.500. The second-order valence-corrected chi connectivity index (χ2v) is 10.6. The lowest BCUT2D eigenvalue weighted by Crippen LogP contribution is -2.63. The molecule has 4 N–H and O–H groups in total. The van der Waals surface area contributed by atoms with Crippen molar-refractivity contribution < 1.29 is 23.2 Å². The number of hydroxylamine groups is 1. The van der Waals surface area contributed by atoms with Gasteiger partial charge in [-0.15, -0.1) is 30.1 Å². The predicted molar refractivity (Wildman–Crippen MR) is 115 cm³/mol. The van der Waals surface area contributed by atoms with Gasteiger partial charge < -0.3 is 10.5 Å². The Labute approximate surface area is 182 Å². The Morgan fingerprint density at radius 1 is 1.41 bits per heavy atom. The molecule has 1 heterocycles. The van der Waals surface area contributed by atoms with Crippen molar-refractivity contribution in [3.8, 4) is 17.6 Å². The third kappa shape index (κ3) is 5.78. The van der Waals surface area contributed by atoms with E-state index < -0.39 is 26.7 Å². The SMILES string of the molecule is CC#CCOc1ccc(S(=O)(=O)N2CC(CN)SC(C)(C)C2C(=O)NO)cc1.Cl. The molecule has 0 aromatic heterocycles. The van der Waals surface area contributed by atoms with Gasteiger partial charge in [0, 0.05) is 23.1 Å². The second-order valence-electron chi connectivity index (χ2n) is 6.72. The van der Waals surface area contributed by atoms with Crippen LogP contribution in [0.25, 0.3) is 0 Å². The summed E-state index contributed by atoms with van der Waals surface area (Å²) in [6.07, 6.45) is 0. The number of halogens is 1. The van der Waals surface area contributed by atoms with E-state index in [0.29, 0.717) is 5.75 Å². The molecular formula is C18H26ClN3O5S2. The lowest BCUT2D eigenvalue weighted by molar-refractivity contribution is -0.134. The Balaban J connectivity index is 0.00000420. The summed E-state index contributed by atoms with van der Waals surface area (Å²) in [6, 6.07) is 4.82. The van der Waals surface area contributed by atoms with Gasteiger partial charge in [-0.2, -0.15) is 4.31 Å². The van der Waals surface area contributed by atoms with Gasteiger partial charge in [-0.25, -0.2) is 13.9 Å². The highest BCUT2D eigenvalue weighted by atomic mass is 35.5. The number of amides is 1. The first-order valence-corrected chi connectivity index (χ1v) is 11.0. The van der Waals surface area contributed by atoms with Gasteiger partial charge in [-0.3, -0.25) is 10.0 Å². The van der Waals surface area contributed by atoms with E-state index in [1.165, 1.54) is 36.0 Å². The van der Waals surface area contributed by atoms with Crippen LogP contribution in [-0.4, -0.2) is 59.6 Å². The molecule has 0 radical (unpaired) electrons. The maximum atomic E-state index is 13.3. The summed E-state index contributed by atoms with van der Waals surface area (Å²) >= 11 is 1.43. The van der Waals surface area contributed by atoms with E-state index in [2.05, 4.69) is 11.8 Å². The maximum Gasteiger partial charge on any atom is 0.263 e. The highest BCUT2D eigenvalue weighted by molar-refractivity contribution is 8.01. The van der Waals surface area contributed by atoms with Crippen LogP contribution in [0.5, 0.6) is 5.75 Å². The standard InChI is InChI=1S/C18H25N3O5S2.ClH/c1-4-5-10-26-13-6-8-15(9-7-13)28(24,25)21-12-14(11-19)27-18(2,3)16(21)17(22)20-23;/h6-9,14,16,23H,10-12,19H2,1-3H3,(H,20,22);1H. The first kappa shape index (κ1) is 25.6. The molecular weight excluding hydrogens is 438 g/mol. The van der Waals surface area contributed by atoms with Crippen molar-refractivity contribution >= 4 is 40.1 Å². The monoisotopic (exact) mass is 463 g/mol. The van der Waals surface area contributed by atoms with E-state index in [1.54, 1.807) is 26.3 Å². The van der Waals surface area contributed by atoms with Gasteiger partial charge >= 0.3 is 0 Å². The minimum atomic E-state index is -4.01. The van der Waals surface area contributed by atoms with Crippen LogP contribution in [0, 0.1) is 11.8 Å². The molecule has 0 saturated carbocycles. The van der Waals surface area contributed by atoms with E-state index in [-0.39, 0.29) is 42.2 Å². The molecule has 2 unspecified atom stereocenters. The maximum absolute atomic E-state index is 13.3. The molecule has 0 aliphatic carbocycles. The molecule has 29 heavy (non-hydrogen) atoms. The minimum absolute atomic E-state index is 0. The second kappa shape index (κ2) is 10.5. The Morgan fingerprint density at radius 3 is 2.55 bits per heavy atom. The Kier molecular flexibility index (Phi) is 9.27. The fourth-order valence-electron chi connectivity index (χ4n) is 3.09. The van der Waals surface area contributed by atoms with E-state index in [0.717, 1.165) is 4.31 Å². The lowest BCUT2D eigenvalue weighted by atomic mass is 10.0. The number of carbonyl (C=O) groups excluding carboxylic acids is 1. The highest BCUT2D eigenvalue weighted by Crippen LogP contribution is 2.41. The zero-order chi connectivity index (χ0) is 20.9. The number of rotatable bonds is 6. The van der Waals surface area contributed by atoms with Crippen molar-refractivity contribution in [2.45, 2.75) is 41.7 Å². The molecule has 11 heteroatoms. The summed E-state index contributed by atoms with van der Waals surface area (Å²) in [7, 11) is -4.01.